The largest absolute Gasteiger partial charge is 0.350 e. The monoisotopic (exact) mass is 242 g/mol. The summed E-state index contributed by atoms with van der Waals surface area (Å²) in [6.07, 6.45) is 1.89. The van der Waals surface area contributed by atoms with E-state index in [-0.39, 0.29) is 17.0 Å². The van der Waals surface area contributed by atoms with Crippen LogP contribution in [0.5, 0.6) is 0 Å². The van der Waals surface area contributed by atoms with Crippen LogP contribution in [0.1, 0.15) is 37.0 Å². The first-order valence-electron chi connectivity index (χ1n) is 5.08. The number of nitrogens with one attached hydrogen (secondary N) is 1. The Hall–Kier alpha value is -1.43. The Bertz CT molecular complexity index is 389. The van der Waals surface area contributed by atoms with Crippen molar-refractivity contribution in [1.29, 1.82) is 0 Å². The molecule has 1 N–H and O–H groups in total. The van der Waals surface area contributed by atoms with Crippen LogP contribution >= 0.6 is 11.3 Å². The van der Waals surface area contributed by atoms with Gasteiger partial charge in [0, 0.05) is 17.5 Å². The Morgan fingerprint density at radius 2 is 2.38 bits per heavy atom. The summed E-state index contributed by atoms with van der Waals surface area (Å²) in [5.74, 6) is -0.245. The van der Waals surface area contributed by atoms with Crippen molar-refractivity contribution in [1.82, 2.24) is 5.32 Å². The van der Waals surface area contributed by atoms with Crippen LogP contribution in [0.2, 0.25) is 0 Å². The number of nitrogens with zero attached hydrogens (tertiary/aromatic N) is 1. The topological polar surface area (TPSA) is 72.2 Å². The first-order chi connectivity index (χ1) is 7.54. The van der Waals surface area contributed by atoms with Gasteiger partial charge in [0.25, 0.3) is 5.91 Å². The summed E-state index contributed by atoms with van der Waals surface area (Å²) >= 11 is 0.967. The number of carbonyl (C=O) groups is 1. The van der Waals surface area contributed by atoms with Crippen molar-refractivity contribution in [2.75, 3.05) is 0 Å². The van der Waals surface area contributed by atoms with E-state index in [1.54, 1.807) is 0 Å². The SMILES string of the molecule is CCCC(C)NC(=O)c1csc([N+](=O)[O-])c1. The maximum absolute atomic E-state index is 11.6. The van der Waals surface area contributed by atoms with Crippen molar-refractivity contribution in [2.24, 2.45) is 0 Å². The molecular formula is C10H14N2O3S. The van der Waals surface area contributed by atoms with E-state index in [1.807, 2.05) is 13.8 Å². The number of nitro groups is 1. The second kappa shape index (κ2) is 5.60. The van der Waals surface area contributed by atoms with E-state index in [0.29, 0.717) is 5.56 Å². The Balaban J connectivity index is 2.62. The van der Waals surface area contributed by atoms with E-state index in [4.69, 9.17) is 0 Å². The molecule has 6 heteroatoms. The molecule has 88 valence electrons. The van der Waals surface area contributed by atoms with Crippen molar-refractivity contribution in [3.8, 4) is 0 Å². The third kappa shape index (κ3) is 3.30. The summed E-state index contributed by atoms with van der Waals surface area (Å²) in [4.78, 5) is 21.6. The lowest BCUT2D eigenvalue weighted by Gasteiger charge is -2.11. The number of thiophene rings is 1. The van der Waals surface area contributed by atoms with Gasteiger partial charge in [-0.15, -0.1) is 0 Å². The van der Waals surface area contributed by atoms with Crippen LogP contribution in [-0.4, -0.2) is 16.9 Å². The quantitative estimate of drug-likeness (QED) is 0.637. The predicted octanol–water partition coefficient (Wildman–Crippen LogP) is 2.57. The van der Waals surface area contributed by atoms with Gasteiger partial charge >= 0.3 is 5.00 Å². The van der Waals surface area contributed by atoms with Crippen molar-refractivity contribution in [2.45, 2.75) is 32.7 Å². The molecule has 1 rings (SSSR count). The van der Waals surface area contributed by atoms with Gasteiger partial charge in [0.05, 0.1) is 10.5 Å². The molecule has 1 aromatic rings. The lowest BCUT2D eigenvalue weighted by molar-refractivity contribution is -0.380. The second-order valence-corrected chi connectivity index (χ2v) is 4.48. The number of carbonyl (C=O) groups excluding carboxylic acids is 1. The first kappa shape index (κ1) is 12.6. The molecule has 0 radical (unpaired) electrons. The zero-order chi connectivity index (χ0) is 12.1. The zero-order valence-electron chi connectivity index (χ0n) is 9.23. The zero-order valence-corrected chi connectivity index (χ0v) is 10.0. The van der Waals surface area contributed by atoms with Crippen molar-refractivity contribution < 1.29 is 9.72 Å². The predicted molar refractivity (Wildman–Crippen MR) is 62.8 cm³/mol. The Labute approximate surface area is 97.6 Å². The van der Waals surface area contributed by atoms with Crippen molar-refractivity contribution in [3.05, 3.63) is 27.1 Å². The lowest BCUT2D eigenvalue weighted by Crippen LogP contribution is -2.32. The highest BCUT2D eigenvalue weighted by atomic mass is 32.1. The van der Waals surface area contributed by atoms with E-state index in [2.05, 4.69) is 5.32 Å². The van der Waals surface area contributed by atoms with Gasteiger partial charge in [0.1, 0.15) is 0 Å². The van der Waals surface area contributed by atoms with E-state index in [9.17, 15) is 14.9 Å². The molecule has 0 saturated heterocycles. The van der Waals surface area contributed by atoms with Gasteiger partial charge in [-0.2, -0.15) is 0 Å². The molecule has 0 bridgehead atoms. The summed E-state index contributed by atoms with van der Waals surface area (Å²) in [6, 6.07) is 1.40. The minimum Gasteiger partial charge on any atom is -0.350 e. The molecule has 0 spiro atoms. The smallest absolute Gasteiger partial charge is 0.324 e. The van der Waals surface area contributed by atoms with E-state index in [1.165, 1.54) is 11.4 Å². The molecule has 1 aromatic heterocycles. The van der Waals surface area contributed by atoms with Crippen LogP contribution in [0.25, 0.3) is 0 Å². The molecule has 1 amide bonds. The van der Waals surface area contributed by atoms with Gasteiger partial charge in [0.15, 0.2) is 0 Å². The number of hydrogen-bond acceptors (Lipinski definition) is 4. The molecule has 0 saturated carbocycles. The van der Waals surface area contributed by atoms with E-state index < -0.39 is 4.92 Å². The van der Waals surface area contributed by atoms with Gasteiger partial charge in [-0.3, -0.25) is 14.9 Å². The second-order valence-electron chi connectivity index (χ2n) is 3.59. The molecule has 0 aromatic carbocycles. The lowest BCUT2D eigenvalue weighted by atomic mass is 10.2. The highest BCUT2D eigenvalue weighted by Crippen LogP contribution is 2.22. The van der Waals surface area contributed by atoms with Crippen LogP contribution in [0.4, 0.5) is 5.00 Å². The fraction of sp³-hybridized carbons (Fsp3) is 0.500. The van der Waals surface area contributed by atoms with Crippen LogP contribution < -0.4 is 5.32 Å². The normalized spacial score (nSPS) is 12.1. The summed E-state index contributed by atoms with van der Waals surface area (Å²) in [6.45, 7) is 3.96. The molecule has 0 aliphatic heterocycles. The maximum atomic E-state index is 11.6. The van der Waals surface area contributed by atoms with Crippen molar-refractivity contribution in [3.63, 3.8) is 0 Å². The van der Waals surface area contributed by atoms with E-state index in [0.717, 1.165) is 24.2 Å². The molecule has 1 heterocycles. The van der Waals surface area contributed by atoms with E-state index >= 15 is 0 Å². The minimum atomic E-state index is -0.489. The van der Waals surface area contributed by atoms with Gasteiger partial charge in [-0.1, -0.05) is 24.7 Å². The average Bonchev–Trinajstić information content (AvgIpc) is 2.66. The number of rotatable bonds is 5. The third-order valence-corrected chi connectivity index (χ3v) is 3.01. The fourth-order valence-electron chi connectivity index (χ4n) is 1.35. The Kier molecular flexibility index (Phi) is 4.42. The van der Waals surface area contributed by atoms with Gasteiger partial charge in [-0.05, 0) is 13.3 Å². The summed E-state index contributed by atoms with van der Waals surface area (Å²) < 4.78 is 0. The van der Waals surface area contributed by atoms with Crippen molar-refractivity contribution >= 4 is 22.2 Å². The summed E-state index contributed by atoms with van der Waals surface area (Å²) in [5.41, 5.74) is 0.361. The highest BCUT2D eigenvalue weighted by molar-refractivity contribution is 7.13. The summed E-state index contributed by atoms with van der Waals surface area (Å²) in [5, 5.41) is 14.7. The Morgan fingerprint density at radius 3 is 2.88 bits per heavy atom. The third-order valence-electron chi connectivity index (χ3n) is 2.13. The fourth-order valence-corrected chi connectivity index (χ4v) is 2.06. The molecule has 1 atom stereocenters. The molecule has 5 nitrogen and oxygen atoms in total. The molecule has 16 heavy (non-hydrogen) atoms. The van der Waals surface area contributed by atoms with Gasteiger partial charge in [0.2, 0.25) is 0 Å². The van der Waals surface area contributed by atoms with Crippen LogP contribution in [0.15, 0.2) is 11.4 Å². The van der Waals surface area contributed by atoms with Gasteiger partial charge in [-0.25, -0.2) is 0 Å². The van der Waals surface area contributed by atoms with Crippen LogP contribution in [-0.2, 0) is 0 Å². The van der Waals surface area contributed by atoms with Gasteiger partial charge < -0.3 is 5.32 Å². The molecule has 0 aliphatic rings. The number of hydrogen-bond donors (Lipinski definition) is 1. The maximum Gasteiger partial charge on any atom is 0.324 e. The summed E-state index contributed by atoms with van der Waals surface area (Å²) in [7, 11) is 0. The molecular weight excluding hydrogens is 228 g/mol. The van der Waals surface area contributed by atoms with Crippen LogP contribution in [0, 0.1) is 10.1 Å². The average molecular weight is 242 g/mol. The Morgan fingerprint density at radius 1 is 1.69 bits per heavy atom. The molecule has 0 aliphatic carbocycles. The molecule has 1 unspecified atom stereocenters. The highest BCUT2D eigenvalue weighted by Gasteiger charge is 2.15. The standard InChI is InChI=1S/C10H14N2O3S/c1-3-4-7(2)11-10(13)8-5-9(12(14)15)16-6-8/h5-7H,3-4H2,1-2H3,(H,11,13). The first-order valence-corrected chi connectivity index (χ1v) is 5.96. The molecule has 0 fully saturated rings. The number of amides is 1. The van der Waals surface area contributed by atoms with Crippen LogP contribution in [0.3, 0.4) is 0 Å². The minimum absolute atomic E-state index is 0.00621.